The van der Waals surface area contributed by atoms with Crippen molar-refractivity contribution in [2.45, 2.75) is 18.9 Å². The van der Waals surface area contributed by atoms with Gasteiger partial charge in [-0.05, 0) is 51.2 Å². The zero-order chi connectivity index (χ0) is 12.6. The summed E-state index contributed by atoms with van der Waals surface area (Å²) in [5.74, 6) is -0.370. The Hall–Kier alpha value is -0.640. The van der Waals surface area contributed by atoms with Gasteiger partial charge in [-0.3, -0.25) is 0 Å². The molecular formula is C13H18ClFN2. The fraction of sp³-hybridized carbons (Fsp3) is 0.538. The maximum atomic E-state index is 13.2. The molecule has 0 aliphatic heterocycles. The molecule has 1 aromatic rings. The molecular weight excluding hydrogens is 239 g/mol. The van der Waals surface area contributed by atoms with E-state index in [1.807, 2.05) is 20.2 Å². The van der Waals surface area contributed by atoms with Crippen LogP contribution in [0.25, 0.3) is 0 Å². The van der Waals surface area contributed by atoms with Crippen LogP contribution in [0.1, 0.15) is 24.4 Å². The third kappa shape index (κ3) is 2.32. The molecule has 2 nitrogen and oxygen atoms in total. The Morgan fingerprint density at radius 3 is 2.53 bits per heavy atom. The van der Waals surface area contributed by atoms with Gasteiger partial charge in [0.25, 0.3) is 0 Å². The molecule has 1 aromatic carbocycles. The van der Waals surface area contributed by atoms with Crippen molar-refractivity contribution >= 4 is 11.6 Å². The maximum absolute atomic E-state index is 13.2. The van der Waals surface area contributed by atoms with Crippen molar-refractivity contribution in [2.24, 2.45) is 11.1 Å². The fourth-order valence-electron chi connectivity index (χ4n) is 2.63. The summed E-state index contributed by atoms with van der Waals surface area (Å²) < 4.78 is 13.2. The molecule has 0 bridgehead atoms. The van der Waals surface area contributed by atoms with Gasteiger partial charge in [0.05, 0.1) is 5.02 Å². The Morgan fingerprint density at radius 2 is 2.12 bits per heavy atom. The molecule has 1 saturated carbocycles. The van der Waals surface area contributed by atoms with Gasteiger partial charge in [-0.25, -0.2) is 4.39 Å². The van der Waals surface area contributed by atoms with E-state index < -0.39 is 0 Å². The second-order valence-electron chi connectivity index (χ2n) is 5.11. The molecule has 0 aromatic heterocycles. The van der Waals surface area contributed by atoms with Crippen LogP contribution in [-0.4, -0.2) is 25.5 Å². The van der Waals surface area contributed by atoms with Gasteiger partial charge in [0.1, 0.15) is 5.82 Å². The molecule has 94 valence electrons. The highest BCUT2D eigenvalue weighted by atomic mass is 35.5. The van der Waals surface area contributed by atoms with Crippen molar-refractivity contribution < 1.29 is 4.39 Å². The minimum Gasteiger partial charge on any atom is -0.330 e. The molecule has 0 saturated heterocycles. The molecule has 1 aliphatic rings. The van der Waals surface area contributed by atoms with Crippen molar-refractivity contribution in [3.63, 3.8) is 0 Å². The number of halogens is 2. The second kappa shape index (κ2) is 4.56. The van der Waals surface area contributed by atoms with Crippen LogP contribution < -0.4 is 5.73 Å². The SMILES string of the molecule is CN(C)C(c1ccc(F)c(Cl)c1)C1(CN)CC1. The highest BCUT2D eigenvalue weighted by molar-refractivity contribution is 6.30. The maximum Gasteiger partial charge on any atom is 0.141 e. The largest absolute Gasteiger partial charge is 0.330 e. The standard InChI is InChI=1S/C13H18ClFN2/c1-17(2)12(13(8-16)5-6-13)9-3-4-11(15)10(14)7-9/h3-4,7,12H,5-6,8,16H2,1-2H3. The minimum absolute atomic E-state index is 0.144. The van der Waals surface area contributed by atoms with Crippen LogP contribution in [0.2, 0.25) is 5.02 Å². The first-order chi connectivity index (χ1) is 8.00. The van der Waals surface area contributed by atoms with Crippen molar-refractivity contribution in [3.8, 4) is 0 Å². The Morgan fingerprint density at radius 1 is 1.47 bits per heavy atom. The molecule has 4 heteroatoms. The number of hydrogen-bond acceptors (Lipinski definition) is 2. The summed E-state index contributed by atoms with van der Waals surface area (Å²) in [7, 11) is 4.05. The van der Waals surface area contributed by atoms with Gasteiger partial charge in [-0.15, -0.1) is 0 Å². The van der Waals surface area contributed by atoms with Gasteiger partial charge in [0.2, 0.25) is 0 Å². The molecule has 2 N–H and O–H groups in total. The number of benzene rings is 1. The summed E-state index contributed by atoms with van der Waals surface area (Å²) in [5.41, 5.74) is 7.07. The molecule has 1 fully saturated rings. The first kappa shape index (κ1) is 12.8. The van der Waals surface area contributed by atoms with E-state index in [1.165, 1.54) is 6.07 Å². The highest BCUT2D eigenvalue weighted by Gasteiger charge is 2.49. The lowest BCUT2D eigenvalue weighted by molar-refractivity contribution is 0.198. The first-order valence-corrected chi connectivity index (χ1v) is 6.19. The van der Waals surface area contributed by atoms with Crippen LogP contribution in [-0.2, 0) is 0 Å². The van der Waals surface area contributed by atoms with E-state index in [1.54, 1.807) is 6.07 Å². The Balaban J connectivity index is 2.36. The van der Waals surface area contributed by atoms with Crippen molar-refractivity contribution in [3.05, 3.63) is 34.6 Å². The molecule has 0 radical (unpaired) electrons. The lowest BCUT2D eigenvalue weighted by Crippen LogP contribution is -2.33. The number of hydrogen-bond donors (Lipinski definition) is 1. The van der Waals surface area contributed by atoms with Crippen LogP contribution in [0.15, 0.2) is 18.2 Å². The number of nitrogens with zero attached hydrogens (tertiary/aromatic N) is 1. The number of nitrogens with two attached hydrogens (primary N) is 1. The smallest absolute Gasteiger partial charge is 0.141 e. The average molecular weight is 257 g/mol. The monoisotopic (exact) mass is 256 g/mol. The predicted octanol–water partition coefficient (Wildman–Crippen LogP) is 2.82. The van der Waals surface area contributed by atoms with E-state index in [0.717, 1.165) is 18.4 Å². The average Bonchev–Trinajstić information content (AvgIpc) is 3.04. The summed E-state index contributed by atoms with van der Waals surface area (Å²) in [4.78, 5) is 2.14. The Bertz CT molecular complexity index is 416. The summed E-state index contributed by atoms with van der Waals surface area (Å²) >= 11 is 5.85. The lowest BCUT2D eigenvalue weighted by atomic mass is 9.89. The van der Waals surface area contributed by atoms with Gasteiger partial charge >= 0.3 is 0 Å². The van der Waals surface area contributed by atoms with Gasteiger partial charge in [-0.1, -0.05) is 17.7 Å². The van der Waals surface area contributed by atoms with Crippen molar-refractivity contribution in [2.75, 3.05) is 20.6 Å². The fourth-order valence-corrected chi connectivity index (χ4v) is 2.82. The van der Waals surface area contributed by atoms with E-state index in [4.69, 9.17) is 17.3 Å². The highest BCUT2D eigenvalue weighted by Crippen LogP contribution is 2.56. The van der Waals surface area contributed by atoms with E-state index in [0.29, 0.717) is 6.54 Å². The van der Waals surface area contributed by atoms with Gasteiger partial charge < -0.3 is 10.6 Å². The normalized spacial score (nSPS) is 19.4. The molecule has 1 aliphatic carbocycles. The van der Waals surface area contributed by atoms with Crippen LogP contribution in [0.5, 0.6) is 0 Å². The van der Waals surface area contributed by atoms with Gasteiger partial charge in [0.15, 0.2) is 0 Å². The lowest BCUT2D eigenvalue weighted by Gasteiger charge is -2.32. The summed E-state index contributed by atoms with van der Waals surface area (Å²) in [6, 6.07) is 5.17. The first-order valence-electron chi connectivity index (χ1n) is 5.81. The van der Waals surface area contributed by atoms with Crippen LogP contribution in [0.4, 0.5) is 4.39 Å². The Labute approximate surface area is 107 Å². The van der Waals surface area contributed by atoms with Crippen molar-refractivity contribution in [1.29, 1.82) is 0 Å². The van der Waals surface area contributed by atoms with E-state index >= 15 is 0 Å². The van der Waals surface area contributed by atoms with E-state index in [9.17, 15) is 4.39 Å². The van der Waals surface area contributed by atoms with Crippen molar-refractivity contribution in [1.82, 2.24) is 4.90 Å². The summed E-state index contributed by atoms with van der Waals surface area (Å²) in [6.45, 7) is 0.658. The Kier molecular flexibility index (Phi) is 3.43. The third-order valence-corrected chi connectivity index (χ3v) is 3.94. The summed E-state index contributed by atoms with van der Waals surface area (Å²) in [6.07, 6.45) is 2.25. The topological polar surface area (TPSA) is 29.3 Å². The molecule has 1 atom stereocenters. The minimum atomic E-state index is -0.370. The van der Waals surface area contributed by atoms with E-state index in [-0.39, 0.29) is 22.3 Å². The zero-order valence-corrected chi connectivity index (χ0v) is 11.0. The molecule has 2 rings (SSSR count). The molecule has 0 heterocycles. The molecule has 17 heavy (non-hydrogen) atoms. The second-order valence-corrected chi connectivity index (χ2v) is 5.51. The van der Waals surface area contributed by atoms with E-state index in [2.05, 4.69) is 4.90 Å². The predicted molar refractivity (Wildman–Crippen MR) is 68.6 cm³/mol. The van der Waals surface area contributed by atoms with Crippen LogP contribution >= 0.6 is 11.6 Å². The van der Waals surface area contributed by atoms with Crippen LogP contribution in [0, 0.1) is 11.2 Å². The van der Waals surface area contributed by atoms with Gasteiger partial charge in [0, 0.05) is 11.5 Å². The summed E-state index contributed by atoms with van der Waals surface area (Å²) in [5, 5.41) is 0.183. The number of rotatable bonds is 4. The molecule has 0 spiro atoms. The van der Waals surface area contributed by atoms with Gasteiger partial charge in [-0.2, -0.15) is 0 Å². The molecule has 1 unspecified atom stereocenters. The third-order valence-electron chi connectivity index (χ3n) is 3.65. The zero-order valence-electron chi connectivity index (χ0n) is 10.2. The molecule has 0 amide bonds. The quantitative estimate of drug-likeness (QED) is 0.898. The van der Waals surface area contributed by atoms with Crippen LogP contribution in [0.3, 0.4) is 0 Å².